The van der Waals surface area contributed by atoms with Crippen LogP contribution in [0.2, 0.25) is 0 Å². The number of nitrogens with two attached hydrogens (primary N) is 1. The maximum absolute atomic E-state index is 13.2. The molecule has 0 amide bonds. The highest BCUT2D eigenvalue weighted by Gasteiger charge is 2.11. The first-order valence-corrected chi connectivity index (χ1v) is 6.69. The van der Waals surface area contributed by atoms with E-state index in [2.05, 4.69) is 32.6 Å². The summed E-state index contributed by atoms with van der Waals surface area (Å²) in [5.41, 5.74) is 8.15. The van der Waals surface area contributed by atoms with Crippen molar-refractivity contribution in [3.05, 3.63) is 38.8 Å². The van der Waals surface area contributed by atoms with Crippen molar-refractivity contribution in [3.63, 3.8) is 0 Å². The molecule has 0 aliphatic carbocycles. The predicted molar refractivity (Wildman–Crippen MR) is 78.7 cm³/mol. The third-order valence-electron chi connectivity index (χ3n) is 2.70. The molecular weight excluding hydrogens is 344 g/mol. The van der Waals surface area contributed by atoms with E-state index < -0.39 is 0 Å². The number of anilines is 1. The number of rotatable bonds is 2. The highest BCUT2D eigenvalue weighted by Crippen LogP contribution is 2.23. The Morgan fingerprint density at radius 2 is 2.06 bits per heavy atom. The molecule has 94 valence electrons. The normalized spacial score (nSPS) is 10.7. The average Bonchev–Trinajstić information content (AvgIpc) is 2.36. The van der Waals surface area contributed by atoms with E-state index in [0.29, 0.717) is 17.2 Å². The fourth-order valence-electron chi connectivity index (χ4n) is 1.66. The van der Waals surface area contributed by atoms with Crippen LogP contribution < -0.4 is 5.73 Å². The van der Waals surface area contributed by atoms with Crippen molar-refractivity contribution in [1.29, 1.82) is 0 Å². The van der Waals surface area contributed by atoms with Crippen molar-refractivity contribution >= 4 is 28.4 Å². The Hall–Kier alpha value is -1.24. The maximum Gasteiger partial charge on any atom is 0.161 e. The summed E-state index contributed by atoms with van der Waals surface area (Å²) in [7, 11) is 0. The summed E-state index contributed by atoms with van der Waals surface area (Å²) in [6, 6.07) is 4.83. The summed E-state index contributed by atoms with van der Waals surface area (Å²) in [4.78, 5) is 8.73. The molecule has 0 fully saturated rings. The van der Waals surface area contributed by atoms with E-state index in [1.54, 1.807) is 19.1 Å². The van der Waals surface area contributed by atoms with Crippen LogP contribution >= 0.6 is 22.6 Å². The molecule has 0 aliphatic heterocycles. The Morgan fingerprint density at radius 1 is 1.33 bits per heavy atom. The Kier molecular flexibility index (Phi) is 3.79. The summed E-state index contributed by atoms with van der Waals surface area (Å²) in [6.07, 6.45) is 0.790. The predicted octanol–water partition coefficient (Wildman–Crippen LogP) is 3.34. The Morgan fingerprint density at radius 3 is 2.67 bits per heavy atom. The van der Waals surface area contributed by atoms with Gasteiger partial charge in [0.05, 0.1) is 9.26 Å². The highest BCUT2D eigenvalue weighted by atomic mass is 127. The lowest BCUT2D eigenvalue weighted by Crippen LogP contribution is -2.04. The van der Waals surface area contributed by atoms with Gasteiger partial charge in [0, 0.05) is 5.56 Å². The van der Waals surface area contributed by atoms with E-state index in [4.69, 9.17) is 5.73 Å². The van der Waals surface area contributed by atoms with Gasteiger partial charge in [-0.3, -0.25) is 0 Å². The molecular formula is C13H13FIN3. The molecule has 18 heavy (non-hydrogen) atoms. The molecule has 0 bridgehead atoms. The molecule has 2 rings (SSSR count). The molecule has 0 radical (unpaired) electrons. The molecule has 5 heteroatoms. The number of hydrogen-bond donors (Lipinski definition) is 1. The van der Waals surface area contributed by atoms with Gasteiger partial charge in [-0.1, -0.05) is 6.92 Å². The number of nitrogen functional groups attached to an aromatic ring is 1. The smallest absolute Gasteiger partial charge is 0.161 e. The second-order valence-electron chi connectivity index (χ2n) is 4.01. The molecule has 2 N–H and O–H groups in total. The molecule has 0 unspecified atom stereocenters. The molecule has 0 spiro atoms. The van der Waals surface area contributed by atoms with Crippen molar-refractivity contribution in [2.45, 2.75) is 20.3 Å². The van der Waals surface area contributed by atoms with Gasteiger partial charge in [-0.25, -0.2) is 14.4 Å². The number of nitrogens with zero attached hydrogens (tertiary/aromatic N) is 2. The van der Waals surface area contributed by atoms with Gasteiger partial charge in [-0.2, -0.15) is 0 Å². The zero-order chi connectivity index (χ0) is 13.3. The van der Waals surface area contributed by atoms with Crippen LogP contribution in [0.4, 0.5) is 10.2 Å². The van der Waals surface area contributed by atoms with Gasteiger partial charge < -0.3 is 5.73 Å². The third kappa shape index (κ3) is 2.45. The van der Waals surface area contributed by atoms with Crippen molar-refractivity contribution in [1.82, 2.24) is 9.97 Å². The molecule has 0 atom stereocenters. The summed E-state index contributed by atoms with van der Waals surface area (Å²) in [5.74, 6) is 0.792. The van der Waals surface area contributed by atoms with Gasteiger partial charge in [0.25, 0.3) is 0 Å². The standard InChI is InChI=1S/C13H13FIN3/c1-3-10-11(15)12(16)18-13(17-10)8-4-5-9(14)7(2)6-8/h4-6H,3H2,1-2H3,(H2,16,17,18). The largest absolute Gasteiger partial charge is 0.383 e. The van der Waals surface area contributed by atoms with E-state index in [0.717, 1.165) is 21.2 Å². The lowest BCUT2D eigenvalue weighted by atomic mass is 10.1. The number of aromatic nitrogens is 2. The molecule has 2 aromatic rings. The van der Waals surface area contributed by atoms with Gasteiger partial charge in [0.2, 0.25) is 0 Å². The van der Waals surface area contributed by atoms with E-state index in [1.807, 2.05) is 6.92 Å². The van der Waals surface area contributed by atoms with Crippen LogP contribution in [0.5, 0.6) is 0 Å². The summed E-state index contributed by atoms with van der Waals surface area (Å²) in [6.45, 7) is 3.74. The minimum Gasteiger partial charge on any atom is -0.383 e. The third-order valence-corrected chi connectivity index (χ3v) is 3.87. The summed E-state index contributed by atoms with van der Waals surface area (Å²) < 4.78 is 14.1. The quantitative estimate of drug-likeness (QED) is 0.839. The van der Waals surface area contributed by atoms with Gasteiger partial charge in [-0.15, -0.1) is 0 Å². The molecule has 1 aromatic carbocycles. The summed E-state index contributed by atoms with van der Waals surface area (Å²) >= 11 is 2.14. The number of aryl methyl sites for hydroxylation is 2. The monoisotopic (exact) mass is 357 g/mol. The maximum atomic E-state index is 13.2. The van der Waals surface area contributed by atoms with Crippen LogP contribution in [0.1, 0.15) is 18.2 Å². The summed E-state index contributed by atoms with van der Waals surface area (Å²) in [5, 5.41) is 0. The lowest BCUT2D eigenvalue weighted by molar-refractivity contribution is 0.618. The minimum absolute atomic E-state index is 0.229. The van der Waals surface area contributed by atoms with Gasteiger partial charge >= 0.3 is 0 Å². The molecule has 1 aromatic heterocycles. The molecule has 0 saturated heterocycles. The fraction of sp³-hybridized carbons (Fsp3) is 0.231. The van der Waals surface area contributed by atoms with Crippen molar-refractivity contribution in [2.24, 2.45) is 0 Å². The van der Waals surface area contributed by atoms with Crippen LogP contribution in [0, 0.1) is 16.3 Å². The number of halogens is 2. The number of hydrogen-bond acceptors (Lipinski definition) is 3. The zero-order valence-corrected chi connectivity index (χ0v) is 12.3. The lowest BCUT2D eigenvalue weighted by Gasteiger charge is -2.08. The van der Waals surface area contributed by atoms with Crippen molar-refractivity contribution in [2.75, 3.05) is 5.73 Å². The fourth-order valence-corrected chi connectivity index (χ4v) is 2.28. The highest BCUT2D eigenvalue weighted by molar-refractivity contribution is 14.1. The molecule has 1 heterocycles. The Balaban J connectivity index is 2.57. The van der Waals surface area contributed by atoms with Gasteiger partial charge in [0.15, 0.2) is 5.82 Å². The Labute approximate surface area is 119 Å². The van der Waals surface area contributed by atoms with Crippen LogP contribution in [-0.4, -0.2) is 9.97 Å². The molecule has 3 nitrogen and oxygen atoms in total. The molecule has 0 saturated carbocycles. The first kappa shape index (κ1) is 13.2. The van der Waals surface area contributed by atoms with E-state index in [1.165, 1.54) is 6.07 Å². The van der Waals surface area contributed by atoms with E-state index in [9.17, 15) is 4.39 Å². The van der Waals surface area contributed by atoms with Crippen LogP contribution in [0.25, 0.3) is 11.4 Å². The van der Waals surface area contributed by atoms with Crippen LogP contribution in [-0.2, 0) is 6.42 Å². The van der Waals surface area contributed by atoms with Gasteiger partial charge in [-0.05, 0) is 59.7 Å². The number of benzene rings is 1. The SMILES string of the molecule is CCc1nc(-c2ccc(F)c(C)c2)nc(N)c1I. The van der Waals surface area contributed by atoms with E-state index in [-0.39, 0.29) is 5.82 Å². The van der Waals surface area contributed by atoms with E-state index >= 15 is 0 Å². The zero-order valence-electron chi connectivity index (χ0n) is 10.2. The first-order chi connectivity index (χ1) is 8.52. The molecule has 0 aliphatic rings. The first-order valence-electron chi connectivity index (χ1n) is 5.61. The van der Waals surface area contributed by atoms with Gasteiger partial charge in [0.1, 0.15) is 11.6 Å². The Bertz CT molecular complexity index is 599. The van der Waals surface area contributed by atoms with Crippen LogP contribution in [0.15, 0.2) is 18.2 Å². The topological polar surface area (TPSA) is 51.8 Å². The average molecular weight is 357 g/mol. The minimum atomic E-state index is -0.229. The van der Waals surface area contributed by atoms with Crippen molar-refractivity contribution in [3.8, 4) is 11.4 Å². The van der Waals surface area contributed by atoms with Crippen LogP contribution in [0.3, 0.4) is 0 Å². The van der Waals surface area contributed by atoms with Crippen molar-refractivity contribution < 1.29 is 4.39 Å². The second-order valence-corrected chi connectivity index (χ2v) is 5.09. The second kappa shape index (κ2) is 5.17.